The third kappa shape index (κ3) is 2.04. The first-order valence-corrected chi connectivity index (χ1v) is 6.64. The molecular formula is C14H17BrN2. The Kier molecular flexibility index (Phi) is 3.38. The Labute approximate surface area is 111 Å². The number of anilines is 1. The zero-order chi connectivity index (χ0) is 12.6. The molecule has 90 valence electrons. The minimum atomic E-state index is 0.955. The highest BCUT2D eigenvalue weighted by molar-refractivity contribution is 9.10. The Hall–Kier alpha value is -1.09. The van der Waals surface area contributed by atoms with Crippen molar-refractivity contribution in [1.29, 1.82) is 0 Å². The van der Waals surface area contributed by atoms with Crippen molar-refractivity contribution >= 4 is 32.5 Å². The molecule has 2 nitrogen and oxygen atoms in total. The minimum Gasteiger partial charge on any atom is -0.387 e. The number of rotatable bonds is 2. The third-order valence-corrected chi connectivity index (χ3v) is 3.72. The summed E-state index contributed by atoms with van der Waals surface area (Å²) in [6, 6.07) is 4.30. The van der Waals surface area contributed by atoms with Crippen LogP contribution in [0.5, 0.6) is 0 Å². The standard InChI is InChI=1S/C14H17BrN2/c1-5-12-9(3)13(16-4)10-6-8(2)7-11(15)14(10)17-12/h6-7H,5H2,1-4H3,(H,16,17). The molecule has 0 fully saturated rings. The fourth-order valence-corrected chi connectivity index (χ4v) is 2.93. The van der Waals surface area contributed by atoms with E-state index in [0.29, 0.717) is 0 Å². The first-order valence-electron chi connectivity index (χ1n) is 5.85. The lowest BCUT2D eigenvalue weighted by atomic mass is 10.0. The summed E-state index contributed by atoms with van der Waals surface area (Å²) < 4.78 is 1.07. The SMILES string of the molecule is CCc1nc2c(Br)cc(C)cc2c(NC)c1C. The predicted octanol–water partition coefficient (Wildman–Crippen LogP) is 4.22. The van der Waals surface area contributed by atoms with E-state index in [9.17, 15) is 0 Å². The average Bonchev–Trinajstić information content (AvgIpc) is 2.28. The largest absolute Gasteiger partial charge is 0.387 e. The zero-order valence-corrected chi connectivity index (χ0v) is 12.3. The maximum absolute atomic E-state index is 4.76. The van der Waals surface area contributed by atoms with Crippen molar-refractivity contribution in [3.8, 4) is 0 Å². The predicted molar refractivity (Wildman–Crippen MR) is 77.8 cm³/mol. The molecule has 0 radical (unpaired) electrons. The highest BCUT2D eigenvalue weighted by atomic mass is 79.9. The third-order valence-electron chi connectivity index (χ3n) is 3.12. The van der Waals surface area contributed by atoms with Gasteiger partial charge in [-0.3, -0.25) is 4.98 Å². The van der Waals surface area contributed by atoms with Crippen molar-refractivity contribution in [3.05, 3.63) is 33.4 Å². The number of hydrogen-bond acceptors (Lipinski definition) is 2. The molecule has 0 bridgehead atoms. The van der Waals surface area contributed by atoms with Gasteiger partial charge < -0.3 is 5.32 Å². The normalized spacial score (nSPS) is 10.9. The second-order valence-corrected chi connectivity index (χ2v) is 5.16. The second kappa shape index (κ2) is 4.65. The van der Waals surface area contributed by atoms with Crippen molar-refractivity contribution in [2.75, 3.05) is 12.4 Å². The molecule has 0 aliphatic rings. The van der Waals surface area contributed by atoms with Gasteiger partial charge in [0.2, 0.25) is 0 Å². The van der Waals surface area contributed by atoms with Crippen molar-refractivity contribution in [1.82, 2.24) is 4.98 Å². The summed E-state index contributed by atoms with van der Waals surface area (Å²) in [6.07, 6.45) is 0.955. The van der Waals surface area contributed by atoms with Gasteiger partial charge in [-0.05, 0) is 59.5 Å². The number of hydrogen-bond donors (Lipinski definition) is 1. The molecule has 1 aromatic carbocycles. The molecule has 2 rings (SSSR count). The molecular weight excluding hydrogens is 276 g/mol. The van der Waals surface area contributed by atoms with E-state index in [2.05, 4.69) is 54.2 Å². The molecule has 3 heteroatoms. The monoisotopic (exact) mass is 292 g/mol. The van der Waals surface area contributed by atoms with Gasteiger partial charge in [-0.1, -0.05) is 6.92 Å². The molecule has 1 aromatic heterocycles. The van der Waals surface area contributed by atoms with E-state index >= 15 is 0 Å². The summed E-state index contributed by atoms with van der Waals surface area (Å²) >= 11 is 3.61. The van der Waals surface area contributed by atoms with E-state index in [-0.39, 0.29) is 0 Å². The van der Waals surface area contributed by atoms with Crippen LogP contribution in [-0.2, 0) is 6.42 Å². The van der Waals surface area contributed by atoms with Crippen LogP contribution in [0.3, 0.4) is 0 Å². The topological polar surface area (TPSA) is 24.9 Å². The van der Waals surface area contributed by atoms with Gasteiger partial charge in [0, 0.05) is 28.3 Å². The summed E-state index contributed by atoms with van der Waals surface area (Å²) in [4.78, 5) is 4.76. The lowest BCUT2D eigenvalue weighted by molar-refractivity contribution is 1.03. The van der Waals surface area contributed by atoms with E-state index in [1.807, 2.05) is 7.05 Å². The van der Waals surface area contributed by atoms with Gasteiger partial charge in [0.1, 0.15) is 0 Å². The number of halogens is 1. The molecule has 1 heterocycles. The van der Waals surface area contributed by atoms with Gasteiger partial charge in [-0.2, -0.15) is 0 Å². The van der Waals surface area contributed by atoms with Crippen LogP contribution in [0.25, 0.3) is 10.9 Å². The Morgan fingerprint density at radius 2 is 2.00 bits per heavy atom. The van der Waals surface area contributed by atoms with E-state index in [4.69, 9.17) is 4.98 Å². The minimum absolute atomic E-state index is 0.955. The Morgan fingerprint density at radius 1 is 1.29 bits per heavy atom. The number of nitrogens with one attached hydrogen (secondary N) is 1. The van der Waals surface area contributed by atoms with E-state index in [1.165, 1.54) is 22.2 Å². The summed E-state index contributed by atoms with van der Waals surface area (Å²) in [5.41, 5.74) is 5.89. The van der Waals surface area contributed by atoms with Crippen LogP contribution in [0, 0.1) is 13.8 Å². The molecule has 0 saturated carbocycles. The van der Waals surface area contributed by atoms with Crippen LogP contribution in [-0.4, -0.2) is 12.0 Å². The fraction of sp³-hybridized carbons (Fsp3) is 0.357. The molecule has 0 saturated heterocycles. The number of nitrogens with zero attached hydrogens (tertiary/aromatic N) is 1. The average molecular weight is 293 g/mol. The molecule has 0 unspecified atom stereocenters. The van der Waals surface area contributed by atoms with Gasteiger partial charge >= 0.3 is 0 Å². The van der Waals surface area contributed by atoms with E-state index in [0.717, 1.165) is 22.1 Å². The molecule has 0 amide bonds. The lowest BCUT2D eigenvalue weighted by Crippen LogP contribution is -2.01. The number of fused-ring (bicyclic) bond motifs is 1. The van der Waals surface area contributed by atoms with Gasteiger partial charge in [0.25, 0.3) is 0 Å². The second-order valence-electron chi connectivity index (χ2n) is 4.30. The molecule has 17 heavy (non-hydrogen) atoms. The van der Waals surface area contributed by atoms with Crippen LogP contribution in [0.15, 0.2) is 16.6 Å². The molecule has 0 aliphatic carbocycles. The quantitative estimate of drug-likeness (QED) is 0.896. The molecule has 1 N–H and O–H groups in total. The van der Waals surface area contributed by atoms with Crippen LogP contribution in [0.4, 0.5) is 5.69 Å². The van der Waals surface area contributed by atoms with Crippen molar-refractivity contribution in [2.24, 2.45) is 0 Å². The first-order chi connectivity index (χ1) is 8.08. The number of pyridine rings is 1. The van der Waals surface area contributed by atoms with Crippen molar-refractivity contribution < 1.29 is 0 Å². The number of aromatic nitrogens is 1. The van der Waals surface area contributed by atoms with E-state index in [1.54, 1.807) is 0 Å². The highest BCUT2D eigenvalue weighted by Gasteiger charge is 2.12. The van der Waals surface area contributed by atoms with Gasteiger partial charge in [0.15, 0.2) is 0 Å². The summed E-state index contributed by atoms with van der Waals surface area (Å²) in [5.74, 6) is 0. The molecule has 0 atom stereocenters. The molecule has 0 aliphatic heterocycles. The maximum Gasteiger partial charge on any atom is 0.0868 e. The van der Waals surface area contributed by atoms with Gasteiger partial charge in [-0.15, -0.1) is 0 Å². The molecule has 0 spiro atoms. The van der Waals surface area contributed by atoms with Crippen LogP contribution in [0.2, 0.25) is 0 Å². The Morgan fingerprint density at radius 3 is 2.59 bits per heavy atom. The number of aryl methyl sites for hydroxylation is 2. The van der Waals surface area contributed by atoms with Crippen molar-refractivity contribution in [2.45, 2.75) is 27.2 Å². The van der Waals surface area contributed by atoms with Crippen LogP contribution < -0.4 is 5.32 Å². The Balaban J connectivity index is 2.92. The van der Waals surface area contributed by atoms with Gasteiger partial charge in [0.05, 0.1) is 5.52 Å². The summed E-state index contributed by atoms with van der Waals surface area (Å²) in [7, 11) is 1.97. The lowest BCUT2D eigenvalue weighted by Gasteiger charge is -2.14. The van der Waals surface area contributed by atoms with E-state index < -0.39 is 0 Å². The zero-order valence-electron chi connectivity index (χ0n) is 10.7. The fourth-order valence-electron chi connectivity index (χ4n) is 2.27. The Bertz CT molecular complexity index is 576. The van der Waals surface area contributed by atoms with Crippen LogP contribution >= 0.6 is 15.9 Å². The highest BCUT2D eigenvalue weighted by Crippen LogP contribution is 2.33. The first kappa shape index (κ1) is 12.4. The summed E-state index contributed by atoms with van der Waals surface area (Å²) in [6.45, 7) is 6.38. The van der Waals surface area contributed by atoms with Crippen LogP contribution in [0.1, 0.15) is 23.7 Å². The number of benzene rings is 1. The maximum atomic E-state index is 4.76. The van der Waals surface area contributed by atoms with Crippen molar-refractivity contribution in [3.63, 3.8) is 0 Å². The smallest absolute Gasteiger partial charge is 0.0868 e. The molecule has 2 aromatic rings. The summed E-state index contributed by atoms with van der Waals surface area (Å²) in [5, 5.41) is 4.50. The van der Waals surface area contributed by atoms with Gasteiger partial charge in [-0.25, -0.2) is 0 Å².